The van der Waals surface area contributed by atoms with Gasteiger partial charge in [0, 0.05) is 37.3 Å². The number of fused-ring (bicyclic) bond motifs is 2. The molecule has 3 heterocycles. The fraction of sp³-hybridized carbons (Fsp3) is 0.267. The molecule has 2 aromatic carbocycles. The van der Waals surface area contributed by atoms with Crippen molar-refractivity contribution in [2.45, 2.75) is 31.8 Å². The van der Waals surface area contributed by atoms with Crippen LogP contribution in [0.15, 0.2) is 67.0 Å². The van der Waals surface area contributed by atoms with Crippen LogP contribution in [0.3, 0.4) is 0 Å². The lowest BCUT2D eigenvalue weighted by Crippen LogP contribution is -2.40. The van der Waals surface area contributed by atoms with Crippen molar-refractivity contribution in [3.63, 3.8) is 0 Å². The Labute approximate surface area is 231 Å². The predicted molar refractivity (Wildman–Crippen MR) is 151 cm³/mol. The molecule has 1 amide bonds. The van der Waals surface area contributed by atoms with Gasteiger partial charge in [0.05, 0.1) is 37.2 Å². The molecular formula is C30H30N6O4. The van der Waals surface area contributed by atoms with E-state index in [1.165, 1.54) is 7.11 Å². The summed E-state index contributed by atoms with van der Waals surface area (Å²) in [5.41, 5.74) is 3.99. The summed E-state index contributed by atoms with van der Waals surface area (Å²) in [5.74, 6) is 0.677. The zero-order valence-electron chi connectivity index (χ0n) is 22.6. The number of amides is 1. The third kappa shape index (κ3) is 4.51. The average Bonchev–Trinajstić information content (AvgIpc) is 3.56. The summed E-state index contributed by atoms with van der Waals surface area (Å²) in [6.07, 6.45) is 6.36. The van der Waals surface area contributed by atoms with Gasteiger partial charge in [-0.1, -0.05) is 30.3 Å². The summed E-state index contributed by atoms with van der Waals surface area (Å²) >= 11 is 0. The van der Waals surface area contributed by atoms with Crippen molar-refractivity contribution in [3.05, 3.63) is 83.8 Å². The summed E-state index contributed by atoms with van der Waals surface area (Å²) in [6, 6.07) is 17.6. The van der Waals surface area contributed by atoms with Gasteiger partial charge < -0.3 is 19.7 Å². The highest BCUT2D eigenvalue weighted by atomic mass is 16.5. The van der Waals surface area contributed by atoms with Crippen molar-refractivity contribution in [3.8, 4) is 11.6 Å². The number of ether oxygens (including phenoxy) is 2. The summed E-state index contributed by atoms with van der Waals surface area (Å²) in [5, 5.41) is 8.70. The minimum absolute atomic E-state index is 0.175. The third-order valence-corrected chi connectivity index (χ3v) is 7.46. The van der Waals surface area contributed by atoms with E-state index in [-0.39, 0.29) is 11.9 Å². The van der Waals surface area contributed by atoms with Crippen LogP contribution in [0.1, 0.15) is 45.7 Å². The molecule has 1 aliphatic carbocycles. The first-order chi connectivity index (χ1) is 19.5. The van der Waals surface area contributed by atoms with Gasteiger partial charge in [-0.15, -0.1) is 5.10 Å². The van der Waals surface area contributed by atoms with Crippen LogP contribution in [0.5, 0.6) is 5.75 Å². The Balaban J connectivity index is 1.49. The smallest absolute Gasteiger partial charge is 0.340 e. The van der Waals surface area contributed by atoms with E-state index in [0.717, 1.165) is 47.2 Å². The molecule has 5 aromatic rings. The van der Waals surface area contributed by atoms with Gasteiger partial charge in [0.2, 0.25) is 0 Å². The number of benzene rings is 2. The number of hydrogen-bond donors (Lipinski definition) is 1. The molecule has 6 rings (SSSR count). The first-order valence-electron chi connectivity index (χ1n) is 13.2. The normalized spacial score (nSPS) is 13.3. The number of hydrogen-bond acceptors (Lipinski definition) is 7. The van der Waals surface area contributed by atoms with Gasteiger partial charge in [-0.2, -0.15) is 0 Å². The van der Waals surface area contributed by atoms with E-state index in [0.29, 0.717) is 29.3 Å². The number of carbonyl (C=O) groups is 2. The molecule has 40 heavy (non-hydrogen) atoms. The number of methoxy groups -OCH3 is 2. The number of aromatic nitrogens is 4. The van der Waals surface area contributed by atoms with Crippen molar-refractivity contribution >= 4 is 34.1 Å². The number of nitrogens with one attached hydrogen (secondary N) is 1. The zero-order valence-corrected chi connectivity index (χ0v) is 22.6. The molecule has 0 radical (unpaired) electrons. The largest absolute Gasteiger partial charge is 0.497 e. The average molecular weight is 539 g/mol. The number of imidazole rings is 1. The number of esters is 1. The molecule has 1 N–H and O–H groups in total. The Morgan fingerprint density at radius 2 is 1.88 bits per heavy atom. The monoisotopic (exact) mass is 538 g/mol. The topological polar surface area (TPSA) is 103 Å². The van der Waals surface area contributed by atoms with E-state index in [9.17, 15) is 9.59 Å². The van der Waals surface area contributed by atoms with E-state index < -0.39 is 5.97 Å². The van der Waals surface area contributed by atoms with Gasteiger partial charge >= 0.3 is 5.97 Å². The van der Waals surface area contributed by atoms with Crippen LogP contribution in [-0.4, -0.2) is 58.4 Å². The molecule has 1 fully saturated rings. The second kappa shape index (κ2) is 10.4. The number of para-hydroxylation sites is 1. The quantitative estimate of drug-likeness (QED) is 0.292. The third-order valence-electron chi connectivity index (χ3n) is 7.46. The fourth-order valence-electron chi connectivity index (χ4n) is 5.04. The molecule has 3 aromatic heterocycles. The van der Waals surface area contributed by atoms with Crippen molar-refractivity contribution in [1.82, 2.24) is 24.5 Å². The minimum atomic E-state index is -0.434. The highest BCUT2D eigenvalue weighted by Crippen LogP contribution is 2.29. The second-order valence-corrected chi connectivity index (χ2v) is 9.99. The lowest BCUT2D eigenvalue weighted by molar-refractivity contribution is 0.0602. The molecule has 10 heteroatoms. The Bertz CT molecular complexity index is 1720. The van der Waals surface area contributed by atoms with E-state index >= 15 is 0 Å². The number of rotatable bonds is 8. The zero-order chi connectivity index (χ0) is 27.8. The highest BCUT2D eigenvalue weighted by Gasteiger charge is 2.25. The van der Waals surface area contributed by atoms with Gasteiger partial charge in [0.25, 0.3) is 5.91 Å². The SMILES string of the molecule is COC(=O)c1cn(-c2cc(N(C)Cc3ccc(OC)cc3)c3ncc(C(=O)NC4CCC4)n3n2)c2ccccc12. The lowest BCUT2D eigenvalue weighted by Gasteiger charge is -2.26. The van der Waals surface area contributed by atoms with Crippen LogP contribution < -0.4 is 15.0 Å². The minimum Gasteiger partial charge on any atom is -0.497 e. The van der Waals surface area contributed by atoms with Crippen LogP contribution in [0.4, 0.5) is 5.69 Å². The van der Waals surface area contributed by atoms with Gasteiger partial charge in [-0.25, -0.2) is 14.3 Å². The molecule has 0 unspecified atom stereocenters. The number of nitrogens with zero attached hydrogens (tertiary/aromatic N) is 5. The fourth-order valence-corrected chi connectivity index (χ4v) is 5.04. The van der Waals surface area contributed by atoms with Crippen LogP contribution in [0, 0.1) is 0 Å². The van der Waals surface area contributed by atoms with Gasteiger partial charge in [0.1, 0.15) is 5.75 Å². The van der Waals surface area contributed by atoms with Crippen molar-refractivity contribution < 1.29 is 19.1 Å². The van der Waals surface area contributed by atoms with E-state index in [4.69, 9.17) is 14.6 Å². The van der Waals surface area contributed by atoms with Crippen LogP contribution in [0.2, 0.25) is 0 Å². The Morgan fingerprint density at radius 3 is 2.58 bits per heavy atom. The standard InChI is InChI=1S/C30H30N6O4/c1-34(17-19-11-13-21(39-2)14-12-19)25-15-27(35-18-23(30(38)40-3)22-9-4-5-10-24(22)35)33-36-26(16-31-28(25)36)29(37)32-20-7-6-8-20/h4-5,9-16,18,20H,6-8,17H2,1-3H3,(H,32,37). The highest BCUT2D eigenvalue weighted by molar-refractivity contribution is 6.05. The molecule has 1 aliphatic rings. The van der Waals surface area contributed by atoms with Crippen LogP contribution >= 0.6 is 0 Å². The molecule has 0 atom stereocenters. The first kappa shape index (κ1) is 25.4. The first-order valence-corrected chi connectivity index (χ1v) is 13.2. The maximum Gasteiger partial charge on any atom is 0.340 e. The van der Waals surface area contributed by atoms with Crippen molar-refractivity contribution in [2.75, 3.05) is 26.2 Å². The molecule has 204 valence electrons. The Morgan fingerprint density at radius 1 is 1.10 bits per heavy atom. The molecule has 10 nitrogen and oxygen atoms in total. The second-order valence-electron chi connectivity index (χ2n) is 9.99. The summed E-state index contributed by atoms with van der Waals surface area (Å²) in [6.45, 7) is 0.583. The predicted octanol–water partition coefficient (Wildman–Crippen LogP) is 4.39. The maximum absolute atomic E-state index is 13.2. The van der Waals surface area contributed by atoms with E-state index in [1.54, 1.807) is 24.0 Å². The van der Waals surface area contributed by atoms with Crippen LogP contribution in [0.25, 0.3) is 22.4 Å². The molecular weight excluding hydrogens is 508 g/mol. The lowest BCUT2D eigenvalue weighted by atomic mass is 9.93. The van der Waals surface area contributed by atoms with Crippen molar-refractivity contribution in [2.24, 2.45) is 0 Å². The molecule has 0 aliphatic heterocycles. The van der Waals surface area contributed by atoms with Gasteiger partial charge in [-0.05, 0) is 43.0 Å². The van der Waals surface area contributed by atoms with Gasteiger partial charge in [-0.3, -0.25) is 9.36 Å². The number of anilines is 1. The number of carbonyl (C=O) groups excluding carboxylic acids is 2. The Hall–Kier alpha value is -4.86. The van der Waals surface area contributed by atoms with E-state index in [2.05, 4.69) is 15.2 Å². The maximum atomic E-state index is 13.2. The van der Waals surface area contributed by atoms with Gasteiger partial charge in [0.15, 0.2) is 17.2 Å². The summed E-state index contributed by atoms with van der Waals surface area (Å²) < 4.78 is 13.8. The van der Waals surface area contributed by atoms with Crippen molar-refractivity contribution in [1.29, 1.82) is 0 Å². The summed E-state index contributed by atoms with van der Waals surface area (Å²) in [4.78, 5) is 32.5. The Kier molecular flexibility index (Phi) is 6.59. The molecule has 0 saturated heterocycles. The van der Waals surface area contributed by atoms with E-state index in [1.807, 2.05) is 66.2 Å². The van der Waals surface area contributed by atoms with Crippen LogP contribution in [-0.2, 0) is 11.3 Å². The molecule has 1 saturated carbocycles. The molecule has 0 bridgehead atoms. The summed E-state index contributed by atoms with van der Waals surface area (Å²) in [7, 11) is 4.98. The molecule has 0 spiro atoms.